The van der Waals surface area contributed by atoms with Crippen molar-refractivity contribution in [3.05, 3.63) is 104 Å². The van der Waals surface area contributed by atoms with Crippen LogP contribution in [-0.2, 0) is 16.2 Å². The fourth-order valence-electron chi connectivity index (χ4n) is 4.84. The third-order valence-corrected chi connectivity index (χ3v) is 7.69. The normalized spacial score (nSPS) is 14.6. The molecule has 0 bridgehead atoms. The molecule has 1 fully saturated rings. The highest BCUT2D eigenvalue weighted by atomic mass is 127. The van der Waals surface area contributed by atoms with Gasteiger partial charge in [-0.15, -0.1) is 0 Å². The van der Waals surface area contributed by atoms with Gasteiger partial charge in [0.05, 0.1) is 16.4 Å². The number of hydrogen-bond acceptors (Lipinski definition) is 5. The summed E-state index contributed by atoms with van der Waals surface area (Å²) in [6, 6.07) is 20.5. The number of amides is 4. The number of halogens is 1. The Morgan fingerprint density at radius 1 is 0.925 bits per heavy atom. The van der Waals surface area contributed by atoms with Gasteiger partial charge in [0.25, 0.3) is 11.8 Å². The van der Waals surface area contributed by atoms with Gasteiger partial charge in [0, 0.05) is 5.56 Å². The number of nitrogens with zero attached hydrogens (tertiary/aromatic N) is 1. The minimum Gasteiger partial charge on any atom is -0.493 e. The highest BCUT2D eigenvalue weighted by Gasteiger charge is 2.37. The molecule has 7 nitrogen and oxygen atoms in total. The van der Waals surface area contributed by atoms with Crippen molar-refractivity contribution in [3.8, 4) is 11.5 Å². The fourth-order valence-corrected chi connectivity index (χ4v) is 5.62. The largest absolute Gasteiger partial charge is 0.493 e. The Labute approximate surface area is 245 Å². The summed E-state index contributed by atoms with van der Waals surface area (Å²) in [5.41, 5.74) is 4.78. The lowest BCUT2D eigenvalue weighted by Gasteiger charge is -2.27. The minimum atomic E-state index is -0.779. The molecule has 0 aliphatic carbocycles. The molecule has 8 heteroatoms. The number of benzene rings is 4. The number of ether oxygens (including phenoxy) is 2. The monoisotopic (exact) mass is 646 g/mol. The maximum atomic E-state index is 13.4. The molecule has 1 saturated heterocycles. The minimum absolute atomic E-state index is 0.155. The van der Waals surface area contributed by atoms with Gasteiger partial charge in [-0.1, -0.05) is 54.1 Å². The molecule has 4 aromatic rings. The number of aryl methyl sites for hydroxylation is 3. The standard InChI is InChI=1S/C32H27IN2O5/c1-18-9-12-27(20(3)13-18)35-31(37)24(30(36)34-32(35)38)14-21-15-26(33)29(28(16-21)39-4)40-17-25-19(2)10-11-22-7-5-6-8-23(22)25/h5-16H,17H2,1-4H3,(H,34,36,38)/b24-14+. The number of carbonyl (C=O) groups excluding carboxylic acids is 3. The molecule has 0 spiro atoms. The van der Waals surface area contributed by atoms with E-state index in [1.54, 1.807) is 18.2 Å². The second-order valence-electron chi connectivity index (χ2n) is 9.65. The van der Waals surface area contributed by atoms with Crippen molar-refractivity contribution < 1.29 is 23.9 Å². The zero-order valence-electron chi connectivity index (χ0n) is 22.5. The van der Waals surface area contributed by atoms with Gasteiger partial charge in [-0.3, -0.25) is 14.9 Å². The van der Waals surface area contributed by atoms with Crippen molar-refractivity contribution in [3.63, 3.8) is 0 Å². The number of hydrogen-bond donors (Lipinski definition) is 1. The van der Waals surface area contributed by atoms with Crippen molar-refractivity contribution in [1.29, 1.82) is 0 Å². The van der Waals surface area contributed by atoms with E-state index in [9.17, 15) is 14.4 Å². The van der Waals surface area contributed by atoms with E-state index in [4.69, 9.17) is 9.47 Å². The number of barbiturate groups is 1. The average molecular weight is 646 g/mol. The Morgan fingerprint density at radius 3 is 2.45 bits per heavy atom. The summed E-state index contributed by atoms with van der Waals surface area (Å²) in [5.74, 6) is -0.426. The highest BCUT2D eigenvalue weighted by molar-refractivity contribution is 14.1. The first-order chi connectivity index (χ1) is 19.2. The third kappa shape index (κ3) is 5.19. The van der Waals surface area contributed by atoms with Crippen LogP contribution in [-0.4, -0.2) is 25.0 Å². The number of carbonyl (C=O) groups is 3. The number of nitrogens with one attached hydrogen (secondary N) is 1. The predicted octanol–water partition coefficient (Wildman–Crippen LogP) is 6.62. The van der Waals surface area contributed by atoms with Crippen molar-refractivity contribution in [2.24, 2.45) is 0 Å². The molecule has 4 aromatic carbocycles. The molecule has 0 radical (unpaired) electrons. The Hall–Kier alpha value is -4.18. The molecular formula is C32H27IN2O5. The van der Waals surface area contributed by atoms with Crippen LogP contribution in [0.2, 0.25) is 0 Å². The van der Waals surface area contributed by atoms with Gasteiger partial charge < -0.3 is 9.47 Å². The molecule has 0 atom stereocenters. The summed E-state index contributed by atoms with van der Waals surface area (Å²) in [6.45, 7) is 6.14. The molecule has 202 valence electrons. The quantitative estimate of drug-likeness (QED) is 0.145. The number of methoxy groups -OCH3 is 1. The summed E-state index contributed by atoms with van der Waals surface area (Å²) in [7, 11) is 1.54. The van der Waals surface area contributed by atoms with E-state index < -0.39 is 17.8 Å². The van der Waals surface area contributed by atoms with Crippen LogP contribution < -0.4 is 19.7 Å². The molecule has 1 aliphatic heterocycles. The molecule has 4 amide bonds. The number of fused-ring (bicyclic) bond motifs is 1. The Bertz CT molecular complexity index is 1730. The maximum Gasteiger partial charge on any atom is 0.335 e. The van der Waals surface area contributed by atoms with Crippen LogP contribution in [0, 0.1) is 24.3 Å². The Morgan fingerprint density at radius 2 is 1.70 bits per heavy atom. The second-order valence-corrected chi connectivity index (χ2v) is 10.8. The lowest BCUT2D eigenvalue weighted by atomic mass is 10.0. The van der Waals surface area contributed by atoms with Crippen molar-refractivity contribution in [2.45, 2.75) is 27.4 Å². The van der Waals surface area contributed by atoms with Crippen molar-refractivity contribution >= 4 is 63.0 Å². The second kappa shape index (κ2) is 11.1. The maximum absolute atomic E-state index is 13.4. The van der Waals surface area contributed by atoms with Crippen LogP contribution in [0.1, 0.15) is 27.8 Å². The third-order valence-electron chi connectivity index (χ3n) is 6.89. The predicted molar refractivity (Wildman–Crippen MR) is 164 cm³/mol. The zero-order valence-corrected chi connectivity index (χ0v) is 24.7. The van der Waals surface area contributed by atoms with E-state index in [0.29, 0.717) is 29.4 Å². The lowest BCUT2D eigenvalue weighted by Crippen LogP contribution is -2.54. The summed E-state index contributed by atoms with van der Waals surface area (Å²) in [6.07, 6.45) is 1.46. The summed E-state index contributed by atoms with van der Waals surface area (Å²) < 4.78 is 12.7. The van der Waals surface area contributed by atoms with Crippen LogP contribution in [0.25, 0.3) is 16.8 Å². The van der Waals surface area contributed by atoms with E-state index >= 15 is 0 Å². The first-order valence-electron chi connectivity index (χ1n) is 12.6. The first kappa shape index (κ1) is 27.4. The van der Waals surface area contributed by atoms with Gasteiger partial charge in [0.2, 0.25) is 0 Å². The number of anilines is 1. The van der Waals surface area contributed by atoms with E-state index in [2.05, 4.69) is 59.1 Å². The van der Waals surface area contributed by atoms with Gasteiger partial charge in [-0.2, -0.15) is 0 Å². The van der Waals surface area contributed by atoms with Crippen LogP contribution in [0.15, 0.2) is 72.3 Å². The molecular weight excluding hydrogens is 619 g/mol. The van der Waals surface area contributed by atoms with Gasteiger partial charge in [0.1, 0.15) is 12.2 Å². The first-order valence-corrected chi connectivity index (χ1v) is 13.7. The number of imide groups is 2. The number of urea groups is 1. The Balaban J connectivity index is 1.47. The molecule has 0 saturated carbocycles. The van der Waals surface area contributed by atoms with Gasteiger partial charge >= 0.3 is 6.03 Å². The smallest absolute Gasteiger partial charge is 0.335 e. The topological polar surface area (TPSA) is 84.9 Å². The number of rotatable bonds is 6. The zero-order chi connectivity index (χ0) is 28.6. The van der Waals surface area contributed by atoms with E-state index in [0.717, 1.165) is 41.5 Å². The molecule has 1 N–H and O–H groups in total. The van der Waals surface area contributed by atoms with Crippen LogP contribution in [0.4, 0.5) is 10.5 Å². The van der Waals surface area contributed by atoms with E-state index in [1.807, 2.05) is 38.1 Å². The van der Waals surface area contributed by atoms with Gasteiger partial charge in [0.15, 0.2) is 11.5 Å². The Kier molecular flexibility index (Phi) is 7.62. The van der Waals surface area contributed by atoms with Crippen molar-refractivity contribution in [1.82, 2.24) is 5.32 Å². The molecule has 40 heavy (non-hydrogen) atoms. The summed E-state index contributed by atoms with van der Waals surface area (Å²) >= 11 is 2.15. The molecule has 0 aromatic heterocycles. The summed E-state index contributed by atoms with van der Waals surface area (Å²) in [4.78, 5) is 39.8. The SMILES string of the molecule is COc1cc(/C=C2\C(=O)NC(=O)N(c3ccc(C)cc3C)C2=O)cc(I)c1OCc1c(C)ccc2ccccc12. The fraction of sp³-hybridized carbons (Fsp3) is 0.156. The molecule has 1 heterocycles. The average Bonchev–Trinajstić information content (AvgIpc) is 2.92. The van der Waals surface area contributed by atoms with Crippen LogP contribution in [0.3, 0.4) is 0 Å². The molecule has 1 aliphatic rings. The van der Waals surface area contributed by atoms with Crippen LogP contribution in [0.5, 0.6) is 11.5 Å². The summed E-state index contributed by atoms with van der Waals surface area (Å²) in [5, 5.41) is 4.55. The van der Waals surface area contributed by atoms with Gasteiger partial charge in [-0.25, -0.2) is 9.69 Å². The highest BCUT2D eigenvalue weighted by Crippen LogP contribution is 2.36. The molecule has 0 unspecified atom stereocenters. The van der Waals surface area contributed by atoms with Crippen molar-refractivity contribution in [2.75, 3.05) is 12.0 Å². The molecule has 5 rings (SSSR count). The van der Waals surface area contributed by atoms with E-state index in [1.165, 1.54) is 13.2 Å². The van der Waals surface area contributed by atoms with Gasteiger partial charge in [-0.05, 0) is 95.1 Å². The lowest BCUT2D eigenvalue weighted by molar-refractivity contribution is -0.122. The van der Waals surface area contributed by atoms with Crippen LogP contribution >= 0.6 is 22.6 Å². The van der Waals surface area contributed by atoms with E-state index in [-0.39, 0.29) is 5.57 Å².